The van der Waals surface area contributed by atoms with Gasteiger partial charge in [-0.2, -0.15) is 0 Å². The molecule has 6 heteroatoms. The van der Waals surface area contributed by atoms with Crippen molar-refractivity contribution in [1.29, 1.82) is 0 Å². The molecule has 0 amide bonds. The number of H-pyrrole nitrogens is 1. The first-order valence-electron chi connectivity index (χ1n) is 8.54. The lowest BCUT2D eigenvalue weighted by molar-refractivity contribution is 0.416. The molecular formula is C21H16N4OS. The molecule has 3 aromatic heterocycles. The minimum Gasteiger partial charge on any atom is -0.496 e. The van der Waals surface area contributed by atoms with Crippen LogP contribution in [0.3, 0.4) is 0 Å². The lowest BCUT2D eigenvalue weighted by atomic mass is 10.1. The van der Waals surface area contributed by atoms with Gasteiger partial charge in [-0.05, 0) is 42.5 Å². The quantitative estimate of drug-likeness (QED) is 0.431. The van der Waals surface area contributed by atoms with Crippen molar-refractivity contribution >= 4 is 44.0 Å². The first kappa shape index (κ1) is 15.8. The fraction of sp³-hybridized carbons (Fsp3) is 0.0476. The first-order chi connectivity index (χ1) is 13.3. The van der Waals surface area contributed by atoms with Crippen molar-refractivity contribution in [3.05, 3.63) is 67.1 Å². The standard InChI is InChI=1S/C21H16N4OS/c1-26-18-5-3-2-4-15(18)19-11-17-20(27-19)21(24-12-23-17)25-14-6-7-16-13(10-14)8-9-22-16/h2-12,22H,1H3,(H,23,24,25). The molecule has 0 radical (unpaired) electrons. The number of para-hydroxylation sites is 1. The van der Waals surface area contributed by atoms with E-state index in [2.05, 4.69) is 50.6 Å². The summed E-state index contributed by atoms with van der Waals surface area (Å²) < 4.78 is 6.53. The normalized spacial score (nSPS) is 11.1. The van der Waals surface area contributed by atoms with Gasteiger partial charge in [-0.15, -0.1) is 11.3 Å². The van der Waals surface area contributed by atoms with E-state index in [0.29, 0.717) is 0 Å². The van der Waals surface area contributed by atoms with E-state index in [4.69, 9.17) is 4.74 Å². The molecule has 0 saturated carbocycles. The Kier molecular flexibility index (Phi) is 3.76. The van der Waals surface area contributed by atoms with Crippen LogP contribution in [0.5, 0.6) is 5.75 Å². The molecule has 5 aromatic rings. The van der Waals surface area contributed by atoms with Crippen LogP contribution in [0.2, 0.25) is 0 Å². The van der Waals surface area contributed by atoms with Crippen LogP contribution in [0.4, 0.5) is 11.5 Å². The average molecular weight is 372 g/mol. The zero-order valence-electron chi connectivity index (χ0n) is 14.6. The van der Waals surface area contributed by atoms with Gasteiger partial charge in [0, 0.05) is 33.2 Å². The van der Waals surface area contributed by atoms with E-state index in [1.54, 1.807) is 24.8 Å². The Morgan fingerprint density at radius 3 is 2.89 bits per heavy atom. The molecular weight excluding hydrogens is 356 g/mol. The van der Waals surface area contributed by atoms with Crippen LogP contribution < -0.4 is 10.1 Å². The third-order valence-corrected chi connectivity index (χ3v) is 5.66. The zero-order chi connectivity index (χ0) is 18.2. The monoisotopic (exact) mass is 372 g/mol. The van der Waals surface area contributed by atoms with Gasteiger partial charge >= 0.3 is 0 Å². The van der Waals surface area contributed by atoms with Crippen molar-refractivity contribution in [2.75, 3.05) is 12.4 Å². The fourth-order valence-corrected chi connectivity index (χ4v) is 4.28. The molecule has 27 heavy (non-hydrogen) atoms. The third kappa shape index (κ3) is 2.80. The van der Waals surface area contributed by atoms with Gasteiger partial charge in [0.25, 0.3) is 0 Å². The molecule has 2 N–H and O–H groups in total. The molecule has 0 saturated heterocycles. The number of nitrogens with zero attached hydrogens (tertiary/aromatic N) is 2. The molecule has 5 nitrogen and oxygen atoms in total. The Morgan fingerprint density at radius 1 is 1.04 bits per heavy atom. The van der Waals surface area contributed by atoms with Crippen molar-refractivity contribution in [2.24, 2.45) is 0 Å². The van der Waals surface area contributed by atoms with Gasteiger partial charge in [-0.1, -0.05) is 12.1 Å². The van der Waals surface area contributed by atoms with Crippen LogP contribution in [-0.2, 0) is 0 Å². The Bertz CT molecular complexity index is 1260. The molecule has 0 aliphatic heterocycles. The second-order valence-electron chi connectivity index (χ2n) is 6.15. The summed E-state index contributed by atoms with van der Waals surface area (Å²) in [7, 11) is 1.69. The largest absolute Gasteiger partial charge is 0.496 e. The first-order valence-corrected chi connectivity index (χ1v) is 9.35. The third-order valence-electron chi connectivity index (χ3n) is 4.50. The smallest absolute Gasteiger partial charge is 0.151 e. The number of aromatic amines is 1. The minimum atomic E-state index is 0.807. The molecule has 0 aliphatic rings. The molecule has 132 valence electrons. The summed E-state index contributed by atoms with van der Waals surface area (Å²) in [5.41, 5.74) is 4.08. The predicted molar refractivity (Wildman–Crippen MR) is 111 cm³/mol. The number of anilines is 2. The van der Waals surface area contributed by atoms with Gasteiger partial charge < -0.3 is 15.0 Å². The number of thiophene rings is 1. The summed E-state index contributed by atoms with van der Waals surface area (Å²) in [5.74, 6) is 1.66. The van der Waals surface area contributed by atoms with Crippen LogP contribution in [0.25, 0.3) is 31.6 Å². The van der Waals surface area contributed by atoms with Crippen LogP contribution in [0.1, 0.15) is 0 Å². The molecule has 0 spiro atoms. The van der Waals surface area contributed by atoms with E-state index in [1.807, 2.05) is 30.5 Å². The molecule has 2 aromatic carbocycles. The van der Waals surface area contributed by atoms with Gasteiger partial charge in [0.1, 0.15) is 12.1 Å². The molecule has 5 rings (SSSR count). The molecule has 0 atom stereocenters. The number of rotatable bonds is 4. The van der Waals surface area contributed by atoms with Crippen LogP contribution in [0.15, 0.2) is 67.1 Å². The molecule has 0 unspecified atom stereocenters. The van der Waals surface area contributed by atoms with Crippen molar-refractivity contribution in [2.45, 2.75) is 0 Å². The summed E-state index contributed by atoms with van der Waals surface area (Å²) in [5, 5.41) is 4.59. The number of fused-ring (bicyclic) bond motifs is 2. The van der Waals surface area contributed by atoms with Crippen molar-refractivity contribution < 1.29 is 4.74 Å². The maximum atomic E-state index is 5.51. The highest BCUT2D eigenvalue weighted by Gasteiger charge is 2.13. The highest BCUT2D eigenvalue weighted by atomic mass is 32.1. The topological polar surface area (TPSA) is 62.8 Å². The van der Waals surface area contributed by atoms with Gasteiger partial charge in [-0.3, -0.25) is 0 Å². The molecule has 0 fully saturated rings. The summed E-state index contributed by atoms with van der Waals surface area (Å²) in [6, 6.07) is 18.4. The van der Waals surface area contributed by atoms with Gasteiger partial charge in [0.15, 0.2) is 5.82 Å². The maximum Gasteiger partial charge on any atom is 0.151 e. The zero-order valence-corrected chi connectivity index (χ0v) is 15.4. The summed E-state index contributed by atoms with van der Waals surface area (Å²) in [6.45, 7) is 0. The minimum absolute atomic E-state index is 0.807. The number of hydrogen-bond donors (Lipinski definition) is 2. The Balaban J connectivity index is 1.58. The van der Waals surface area contributed by atoms with Gasteiger partial charge in [0.2, 0.25) is 0 Å². The highest BCUT2D eigenvalue weighted by molar-refractivity contribution is 7.22. The van der Waals surface area contributed by atoms with Crippen molar-refractivity contribution in [1.82, 2.24) is 15.0 Å². The van der Waals surface area contributed by atoms with Gasteiger partial charge in [0.05, 0.1) is 17.3 Å². The Morgan fingerprint density at radius 2 is 1.96 bits per heavy atom. The van der Waals surface area contributed by atoms with E-state index < -0.39 is 0 Å². The summed E-state index contributed by atoms with van der Waals surface area (Å²) >= 11 is 1.66. The SMILES string of the molecule is COc1ccccc1-c1cc2ncnc(Nc3ccc4[nH]ccc4c3)c2s1. The van der Waals surface area contributed by atoms with Crippen LogP contribution >= 0.6 is 11.3 Å². The van der Waals surface area contributed by atoms with E-state index in [9.17, 15) is 0 Å². The number of hydrogen-bond acceptors (Lipinski definition) is 5. The Labute approximate surface area is 159 Å². The van der Waals surface area contributed by atoms with E-state index >= 15 is 0 Å². The lowest BCUT2D eigenvalue weighted by Crippen LogP contribution is -1.94. The van der Waals surface area contributed by atoms with E-state index in [0.717, 1.165) is 48.8 Å². The van der Waals surface area contributed by atoms with Gasteiger partial charge in [-0.25, -0.2) is 9.97 Å². The fourth-order valence-electron chi connectivity index (χ4n) is 3.19. The van der Waals surface area contributed by atoms with Crippen molar-refractivity contribution in [3.63, 3.8) is 0 Å². The number of benzene rings is 2. The number of nitrogens with one attached hydrogen (secondary N) is 2. The van der Waals surface area contributed by atoms with E-state index in [-0.39, 0.29) is 0 Å². The summed E-state index contributed by atoms with van der Waals surface area (Å²) in [4.78, 5) is 13.2. The number of ether oxygens (including phenoxy) is 1. The number of methoxy groups -OCH3 is 1. The predicted octanol–water partition coefficient (Wildman–Crippen LogP) is 5.59. The highest BCUT2D eigenvalue weighted by Crippen LogP contribution is 2.40. The Hall–Kier alpha value is -3.38. The second kappa shape index (κ2) is 6.41. The maximum absolute atomic E-state index is 5.51. The lowest BCUT2D eigenvalue weighted by Gasteiger charge is -2.06. The van der Waals surface area contributed by atoms with E-state index in [1.165, 1.54) is 0 Å². The molecule has 0 bridgehead atoms. The van der Waals surface area contributed by atoms with Crippen LogP contribution in [-0.4, -0.2) is 22.1 Å². The number of aromatic nitrogens is 3. The molecule has 0 aliphatic carbocycles. The molecule has 3 heterocycles. The average Bonchev–Trinajstić information content (AvgIpc) is 3.35. The van der Waals surface area contributed by atoms with Crippen molar-refractivity contribution in [3.8, 4) is 16.2 Å². The summed E-state index contributed by atoms with van der Waals surface area (Å²) in [6.07, 6.45) is 3.54. The second-order valence-corrected chi connectivity index (χ2v) is 7.20. The van der Waals surface area contributed by atoms with Crippen LogP contribution in [0, 0.1) is 0 Å².